The summed E-state index contributed by atoms with van der Waals surface area (Å²) in [5.41, 5.74) is 1.79. The molecule has 1 aliphatic rings. The van der Waals surface area contributed by atoms with E-state index in [2.05, 4.69) is 64.2 Å². The van der Waals surface area contributed by atoms with Crippen molar-refractivity contribution in [3.63, 3.8) is 0 Å². The first-order chi connectivity index (χ1) is 13.7. The number of piperazine rings is 1. The van der Waals surface area contributed by atoms with E-state index >= 15 is 0 Å². The van der Waals surface area contributed by atoms with E-state index in [9.17, 15) is 4.79 Å². The number of anilines is 1. The highest BCUT2D eigenvalue weighted by Gasteiger charge is 2.20. The van der Waals surface area contributed by atoms with Crippen molar-refractivity contribution in [2.24, 2.45) is 0 Å². The van der Waals surface area contributed by atoms with Crippen LogP contribution in [0.1, 0.15) is 42.7 Å². The predicted octanol–water partition coefficient (Wildman–Crippen LogP) is 3.06. The van der Waals surface area contributed by atoms with Crippen LogP contribution >= 0.6 is 0 Å². The van der Waals surface area contributed by atoms with Gasteiger partial charge in [-0.05, 0) is 30.5 Å². The van der Waals surface area contributed by atoms with Crippen LogP contribution < -0.4 is 4.90 Å². The second kappa shape index (κ2) is 10.2. The Bertz CT molecular complexity index is 720. The fourth-order valence-corrected chi connectivity index (χ4v) is 3.60. The molecule has 6 nitrogen and oxygen atoms in total. The molecule has 1 fully saturated rings. The monoisotopic (exact) mass is 381 g/mol. The summed E-state index contributed by atoms with van der Waals surface area (Å²) in [6.45, 7) is 10.5. The fourth-order valence-electron chi connectivity index (χ4n) is 3.60. The van der Waals surface area contributed by atoms with Crippen LogP contribution in [0.3, 0.4) is 0 Å². The Hall–Kier alpha value is -2.47. The second-order valence-corrected chi connectivity index (χ2v) is 7.32. The SMILES string of the molecule is CCCN(CCC)C(=O)c1ccc(N2CCN(Cc3ccccc3)CC2)nn1. The zero-order valence-electron chi connectivity index (χ0n) is 17.0. The maximum Gasteiger partial charge on any atom is 0.274 e. The minimum absolute atomic E-state index is 0.0181. The largest absolute Gasteiger partial charge is 0.353 e. The minimum Gasteiger partial charge on any atom is -0.353 e. The average molecular weight is 382 g/mol. The third kappa shape index (κ3) is 5.29. The number of carbonyl (C=O) groups excluding carboxylic acids is 1. The lowest BCUT2D eigenvalue weighted by Crippen LogP contribution is -2.46. The molecule has 0 radical (unpaired) electrons. The highest BCUT2D eigenvalue weighted by Crippen LogP contribution is 2.15. The Kier molecular flexibility index (Phi) is 7.37. The number of hydrogen-bond donors (Lipinski definition) is 0. The van der Waals surface area contributed by atoms with Crippen LogP contribution in [-0.2, 0) is 6.54 Å². The molecule has 2 heterocycles. The van der Waals surface area contributed by atoms with Gasteiger partial charge in [-0.25, -0.2) is 0 Å². The first kappa shape index (κ1) is 20.3. The Labute approximate surface area is 168 Å². The van der Waals surface area contributed by atoms with Crippen molar-refractivity contribution in [3.05, 3.63) is 53.7 Å². The van der Waals surface area contributed by atoms with Gasteiger partial charge in [0.1, 0.15) is 0 Å². The molecule has 0 unspecified atom stereocenters. The molecule has 28 heavy (non-hydrogen) atoms. The molecule has 0 atom stereocenters. The normalized spacial score (nSPS) is 14.9. The van der Waals surface area contributed by atoms with Gasteiger partial charge in [-0.2, -0.15) is 0 Å². The number of carbonyl (C=O) groups is 1. The van der Waals surface area contributed by atoms with E-state index in [0.717, 1.165) is 64.5 Å². The summed E-state index contributed by atoms with van der Waals surface area (Å²) in [6, 6.07) is 14.3. The van der Waals surface area contributed by atoms with Gasteiger partial charge in [-0.3, -0.25) is 9.69 Å². The lowest BCUT2D eigenvalue weighted by Gasteiger charge is -2.35. The topological polar surface area (TPSA) is 52.6 Å². The van der Waals surface area contributed by atoms with Crippen LogP contribution in [0, 0.1) is 0 Å². The van der Waals surface area contributed by atoms with Crippen molar-refractivity contribution in [1.29, 1.82) is 0 Å². The van der Waals surface area contributed by atoms with Gasteiger partial charge >= 0.3 is 0 Å². The summed E-state index contributed by atoms with van der Waals surface area (Å²) in [5, 5.41) is 8.57. The van der Waals surface area contributed by atoms with E-state index in [4.69, 9.17) is 0 Å². The Morgan fingerprint density at radius 3 is 2.18 bits per heavy atom. The number of nitrogens with zero attached hydrogens (tertiary/aromatic N) is 5. The van der Waals surface area contributed by atoms with Gasteiger partial charge in [0.2, 0.25) is 0 Å². The summed E-state index contributed by atoms with van der Waals surface area (Å²) >= 11 is 0. The molecule has 6 heteroatoms. The van der Waals surface area contributed by atoms with Crippen molar-refractivity contribution in [2.45, 2.75) is 33.2 Å². The minimum atomic E-state index is -0.0181. The molecule has 150 valence electrons. The van der Waals surface area contributed by atoms with Gasteiger partial charge in [-0.15, -0.1) is 10.2 Å². The number of benzene rings is 1. The number of aromatic nitrogens is 2. The quantitative estimate of drug-likeness (QED) is 0.703. The van der Waals surface area contributed by atoms with E-state index in [1.807, 2.05) is 17.0 Å². The summed E-state index contributed by atoms with van der Waals surface area (Å²) in [6.07, 6.45) is 1.90. The molecule has 1 aromatic carbocycles. The molecule has 1 saturated heterocycles. The molecular formula is C22H31N5O. The predicted molar refractivity (Wildman–Crippen MR) is 112 cm³/mol. The standard InChI is InChI=1S/C22H31N5O/c1-3-12-27(13-4-2)22(28)20-10-11-21(24-23-20)26-16-14-25(15-17-26)18-19-8-6-5-7-9-19/h5-11H,3-4,12-18H2,1-2H3. The van der Waals surface area contributed by atoms with E-state index < -0.39 is 0 Å². The van der Waals surface area contributed by atoms with Crippen molar-refractivity contribution in [1.82, 2.24) is 20.0 Å². The van der Waals surface area contributed by atoms with E-state index in [1.54, 1.807) is 0 Å². The van der Waals surface area contributed by atoms with Gasteiger partial charge in [0, 0.05) is 45.8 Å². The van der Waals surface area contributed by atoms with E-state index in [-0.39, 0.29) is 5.91 Å². The summed E-state index contributed by atoms with van der Waals surface area (Å²) < 4.78 is 0. The number of hydrogen-bond acceptors (Lipinski definition) is 5. The molecule has 0 spiro atoms. The first-order valence-corrected chi connectivity index (χ1v) is 10.4. The second-order valence-electron chi connectivity index (χ2n) is 7.32. The molecule has 0 bridgehead atoms. The van der Waals surface area contributed by atoms with Crippen molar-refractivity contribution < 1.29 is 4.79 Å². The summed E-state index contributed by atoms with van der Waals surface area (Å²) in [5.74, 6) is 0.837. The summed E-state index contributed by atoms with van der Waals surface area (Å²) in [7, 11) is 0. The lowest BCUT2D eigenvalue weighted by molar-refractivity contribution is 0.0748. The zero-order valence-corrected chi connectivity index (χ0v) is 17.0. The van der Waals surface area contributed by atoms with Crippen molar-refractivity contribution >= 4 is 11.7 Å². The maximum absolute atomic E-state index is 12.6. The number of amides is 1. The molecule has 1 aromatic heterocycles. The molecule has 2 aromatic rings. The molecular weight excluding hydrogens is 350 g/mol. The summed E-state index contributed by atoms with van der Waals surface area (Å²) in [4.78, 5) is 19.2. The molecule has 0 saturated carbocycles. The molecule has 3 rings (SSSR count). The van der Waals surface area contributed by atoms with E-state index in [1.165, 1.54) is 5.56 Å². The van der Waals surface area contributed by atoms with Crippen LogP contribution in [0.15, 0.2) is 42.5 Å². The Balaban J connectivity index is 1.55. The van der Waals surface area contributed by atoms with Crippen LogP contribution in [0.25, 0.3) is 0 Å². The number of rotatable bonds is 8. The van der Waals surface area contributed by atoms with Crippen LogP contribution in [0.4, 0.5) is 5.82 Å². The van der Waals surface area contributed by atoms with Gasteiger partial charge in [0.15, 0.2) is 11.5 Å². The molecule has 1 aliphatic heterocycles. The highest BCUT2D eigenvalue weighted by atomic mass is 16.2. The highest BCUT2D eigenvalue weighted by molar-refractivity contribution is 5.92. The molecule has 0 aliphatic carbocycles. The van der Waals surface area contributed by atoms with E-state index in [0.29, 0.717) is 5.69 Å². The van der Waals surface area contributed by atoms with Gasteiger partial charge in [0.25, 0.3) is 5.91 Å². The molecule has 0 N–H and O–H groups in total. The first-order valence-electron chi connectivity index (χ1n) is 10.4. The van der Waals surface area contributed by atoms with Crippen molar-refractivity contribution in [2.75, 3.05) is 44.2 Å². The van der Waals surface area contributed by atoms with Crippen LogP contribution in [0.5, 0.6) is 0 Å². The maximum atomic E-state index is 12.6. The molecule has 1 amide bonds. The third-order valence-electron chi connectivity index (χ3n) is 5.09. The Morgan fingerprint density at radius 1 is 0.929 bits per heavy atom. The van der Waals surface area contributed by atoms with Crippen LogP contribution in [-0.4, -0.2) is 65.2 Å². The smallest absolute Gasteiger partial charge is 0.274 e. The van der Waals surface area contributed by atoms with Crippen LogP contribution in [0.2, 0.25) is 0 Å². The fraction of sp³-hybridized carbons (Fsp3) is 0.500. The third-order valence-corrected chi connectivity index (χ3v) is 5.09. The lowest BCUT2D eigenvalue weighted by atomic mass is 10.2. The average Bonchev–Trinajstić information content (AvgIpc) is 2.74. The Morgan fingerprint density at radius 2 is 1.61 bits per heavy atom. The van der Waals surface area contributed by atoms with Gasteiger partial charge in [0.05, 0.1) is 0 Å². The van der Waals surface area contributed by atoms with Gasteiger partial charge in [-0.1, -0.05) is 44.2 Å². The van der Waals surface area contributed by atoms with Crippen molar-refractivity contribution in [3.8, 4) is 0 Å². The van der Waals surface area contributed by atoms with Gasteiger partial charge < -0.3 is 9.80 Å². The zero-order chi connectivity index (χ0) is 19.8.